The van der Waals surface area contributed by atoms with Gasteiger partial charge in [-0.25, -0.2) is 4.98 Å². The molecule has 0 bridgehead atoms. The van der Waals surface area contributed by atoms with E-state index in [0.717, 1.165) is 44.8 Å². The zero-order valence-electron chi connectivity index (χ0n) is 16.1. The first-order valence-corrected chi connectivity index (χ1v) is 9.66. The van der Waals surface area contributed by atoms with E-state index in [1.54, 1.807) is 6.20 Å². The third-order valence-electron chi connectivity index (χ3n) is 5.31. The van der Waals surface area contributed by atoms with Gasteiger partial charge in [-0.2, -0.15) is 0 Å². The van der Waals surface area contributed by atoms with Crippen molar-refractivity contribution in [3.8, 4) is 0 Å². The molecule has 0 atom stereocenters. The van der Waals surface area contributed by atoms with Crippen LogP contribution >= 0.6 is 0 Å². The van der Waals surface area contributed by atoms with Gasteiger partial charge in [0.05, 0.1) is 11.9 Å². The summed E-state index contributed by atoms with van der Waals surface area (Å²) < 4.78 is 0. The summed E-state index contributed by atoms with van der Waals surface area (Å²) in [6.07, 6.45) is 6.20. The molecule has 6 nitrogen and oxygen atoms in total. The van der Waals surface area contributed by atoms with Crippen molar-refractivity contribution in [1.29, 1.82) is 0 Å². The van der Waals surface area contributed by atoms with E-state index in [2.05, 4.69) is 15.2 Å². The van der Waals surface area contributed by atoms with Crippen LogP contribution in [-0.4, -0.2) is 47.9 Å². The minimum atomic E-state index is -0.430. The van der Waals surface area contributed by atoms with Gasteiger partial charge in [0.25, 0.3) is 0 Å². The molecule has 2 amide bonds. The van der Waals surface area contributed by atoms with Crippen LogP contribution < -0.4 is 10.2 Å². The van der Waals surface area contributed by atoms with Crippen molar-refractivity contribution in [1.82, 2.24) is 9.88 Å². The number of piperazine rings is 1. The molecule has 1 aliphatic heterocycles. The van der Waals surface area contributed by atoms with Crippen LogP contribution in [0.3, 0.4) is 0 Å². The van der Waals surface area contributed by atoms with Crippen LogP contribution in [0.15, 0.2) is 18.3 Å². The second kappa shape index (κ2) is 7.64. The highest BCUT2D eigenvalue weighted by molar-refractivity contribution is 5.94. The van der Waals surface area contributed by atoms with Gasteiger partial charge in [-0.15, -0.1) is 0 Å². The average molecular weight is 358 g/mol. The first-order chi connectivity index (χ1) is 12.3. The molecule has 3 rings (SSSR count). The number of aromatic nitrogens is 1. The SMILES string of the molecule is CC(C)(C)C(=O)Nc1ccc(N2CCN(C(=O)C3CCCC3)CC2)nc1. The number of carbonyl (C=O) groups is 2. The van der Waals surface area contributed by atoms with Gasteiger partial charge in [0, 0.05) is 37.5 Å². The van der Waals surface area contributed by atoms with E-state index in [9.17, 15) is 9.59 Å². The second-order valence-corrected chi connectivity index (χ2v) is 8.40. The molecule has 26 heavy (non-hydrogen) atoms. The smallest absolute Gasteiger partial charge is 0.229 e. The lowest BCUT2D eigenvalue weighted by Gasteiger charge is -2.36. The number of pyridine rings is 1. The quantitative estimate of drug-likeness (QED) is 0.902. The van der Waals surface area contributed by atoms with Crippen molar-refractivity contribution in [2.24, 2.45) is 11.3 Å². The van der Waals surface area contributed by atoms with Gasteiger partial charge in [0.2, 0.25) is 11.8 Å². The molecule has 1 aliphatic carbocycles. The molecule has 2 fully saturated rings. The standard InChI is InChI=1S/C20H30N4O2/c1-20(2,3)19(26)22-16-8-9-17(21-14-16)23-10-12-24(13-11-23)18(25)15-6-4-5-7-15/h8-9,14-15H,4-7,10-13H2,1-3H3,(H,22,26). The van der Waals surface area contributed by atoms with Crippen molar-refractivity contribution in [2.75, 3.05) is 36.4 Å². The third-order valence-corrected chi connectivity index (χ3v) is 5.31. The largest absolute Gasteiger partial charge is 0.353 e. The Kier molecular flexibility index (Phi) is 5.49. The number of rotatable bonds is 3. The zero-order valence-corrected chi connectivity index (χ0v) is 16.1. The third kappa shape index (κ3) is 4.34. The molecule has 2 heterocycles. The van der Waals surface area contributed by atoms with Crippen molar-refractivity contribution >= 4 is 23.3 Å². The van der Waals surface area contributed by atoms with Gasteiger partial charge in [-0.1, -0.05) is 33.6 Å². The number of nitrogens with one attached hydrogen (secondary N) is 1. The van der Waals surface area contributed by atoms with Crippen LogP contribution in [0.5, 0.6) is 0 Å². The van der Waals surface area contributed by atoms with Crippen molar-refractivity contribution < 1.29 is 9.59 Å². The molecule has 1 saturated carbocycles. The summed E-state index contributed by atoms with van der Waals surface area (Å²) in [5.41, 5.74) is 0.282. The Bertz CT molecular complexity index is 637. The maximum atomic E-state index is 12.5. The van der Waals surface area contributed by atoms with Gasteiger partial charge in [-0.3, -0.25) is 9.59 Å². The minimum Gasteiger partial charge on any atom is -0.353 e. The van der Waals surface area contributed by atoms with Gasteiger partial charge in [0.1, 0.15) is 5.82 Å². The van der Waals surface area contributed by atoms with E-state index < -0.39 is 5.41 Å². The van der Waals surface area contributed by atoms with E-state index in [1.807, 2.05) is 37.8 Å². The Hall–Kier alpha value is -2.11. The molecule has 0 unspecified atom stereocenters. The molecule has 1 N–H and O–H groups in total. The molecule has 1 aromatic heterocycles. The Morgan fingerprint density at radius 2 is 1.73 bits per heavy atom. The second-order valence-electron chi connectivity index (χ2n) is 8.40. The number of nitrogens with zero attached hydrogens (tertiary/aromatic N) is 3. The fourth-order valence-electron chi connectivity index (χ4n) is 3.55. The van der Waals surface area contributed by atoms with Crippen LogP contribution in [0, 0.1) is 11.3 Å². The first kappa shape index (κ1) is 18.7. The molecule has 2 aliphatic rings. The zero-order chi connectivity index (χ0) is 18.7. The van der Waals surface area contributed by atoms with Crippen LogP contribution in [0.25, 0.3) is 0 Å². The summed E-state index contributed by atoms with van der Waals surface area (Å²) in [6.45, 7) is 8.79. The molecule has 142 valence electrons. The van der Waals surface area contributed by atoms with Gasteiger partial charge in [-0.05, 0) is 25.0 Å². The summed E-state index contributed by atoms with van der Waals surface area (Å²) in [5, 5.41) is 2.89. The predicted octanol–water partition coefficient (Wildman–Crippen LogP) is 2.91. The molecular formula is C20H30N4O2. The Morgan fingerprint density at radius 3 is 2.27 bits per heavy atom. The molecule has 1 saturated heterocycles. The van der Waals surface area contributed by atoms with Crippen molar-refractivity contribution in [3.63, 3.8) is 0 Å². The Balaban J connectivity index is 1.53. The minimum absolute atomic E-state index is 0.0221. The lowest BCUT2D eigenvalue weighted by atomic mass is 9.96. The Morgan fingerprint density at radius 1 is 1.08 bits per heavy atom. The van der Waals surface area contributed by atoms with Gasteiger partial charge >= 0.3 is 0 Å². The molecule has 1 aromatic rings. The van der Waals surface area contributed by atoms with Crippen LogP contribution in [-0.2, 0) is 9.59 Å². The number of carbonyl (C=O) groups excluding carboxylic acids is 2. The summed E-state index contributed by atoms with van der Waals surface area (Å²) in [4.78, 5) is 33.3. The fraction of sp³-hybridized carbons (Fsp3) is 0.650. The Labute approximate surface area is 156 Å². The number of anilines is 2. The predicted molar refractivity (Wildman–Crippen MR) is 103 cm³/mol. The average Bonchev–Trinajstić information content (AvgIpc) is 3.16. The summed E-state index contributed by atoms with van der Waals surface area (Å²) >= 11 is 0. The maximum Gasteiger partial charge on any atom is 0.229 e. The number of amides is 2. The van der Waals surface area contributed by atoms with Crippen molar-refractivity contribution in [3.05, 3.63) is 18.3 Å². The molecular weight excluding hydrogens is 328 g/mol. The molecule has 6 heteroatoms. The summed E-state index contributed by atoms with van der Waals surface area (Å²) in [6, 6.07) is 3.83. The summed E-state index contributed by atoms with van der Waals surface area (Å²) in [5.74, 6) is 1.47. The number of hydrogen-bond acceptors (Lipinski definition) is 4. The van der Waals surface area contributed by atoms with E-state index in [-0.39, 0.29) is 11.8 Å². The molecule has 0 radical (unpaired) electrons. The maximum absolute atomic E-state index is 12.5. The monoisotopic (exact) mass is 358 g/mol. The van der Waals surface area contributed by atoms with E-state index in [4.69, 9.17) is 0 Å². The van der Waals surface area contributed by atoms with E-state index in [1.165, 1.54) is 12.8 Å². The number of hydrogen-bond donors (Lipinski definition) is 1. The van der Waals surface area contributed by atoms with Gasteiger partial charge in [0.15, 0.2) is 0 Å². The highest BCUT2D eigenvalue weighted by Gasteiger charge is 2.29. The fourth-order valence-corrected chi connectivity index (χ4v) is 3.55. The normalized spacial score (nSPS) is 18.9. The topological polar surface area (TPSA) is 65.5 Å². The van der Waals surface area contributed by atoms with Crippen LogP contribution in [0.2, 0.25) is 0 Å². The molecule has 0 spiro atoms. The summed E-state index contributed by atoms with van der Waals surface area (Å²) in [7, 11) is 0. The van der Waals surface area contributed by atoms with Crippen LogP contribution in [0.4, 0.5) is 11.5 Å². The van der Waals surface area contributed by atoms with E-state index in [0.29, 0.717) is 11.6 Å². The first-order valence-electron chi connectivity index (χ1n) is 9.66. The van der Waals surface area contributed by atoms with Crippen molar-refractivity contribution in [2.45, 2.75) is 46.5 Å². The van der Waals surface area contributed by atoms with E-state index >= 15 is 0 Å². The highest BCUT2D eigenvalue weighted by Crippen LogP contribution is 2.27. The lowest BCUT2D eigenvalue weighted by Crippen LogP contribution is -2.50. The lowest BCUT2D eigenvalue weighted by molar-refractivity contribution is -0.135. The molecule has 0 aromatic carbocycles. The highest BCUT2D eigenvalue weighted by atomic mass is 16.2. The van der Waals surface area contributed by atoms with Gasteiger partial charge < -0.3 is 15.1 Å². The van der Waals surface area contributed by atoms with Crippen LogP contribution in [0.1, 0.15) is 46.5 Å².